The molecule has 1 amide bonds. The Kier molecular flexibility index (Phi) is 1.98. The fraction of sp³-hybridized carbons (Fsp3) is 0.750. The van der Waals surface area contributed by atoms with Crippen LogP contribution in [0.25, 0.3) is 0 Å². The SMILES string of the molecule is CC(=O)C(=O)NC1(C)CCC1. The molecule has 0 saturated heterocycles. The highest BCUT2D eigenvalue weighted by Gasteiger charge is 2.33. The Balaban J connectivity index is 2.41. The van der Waals surface area contributed by atoms with Gasteiger partial charge in [0, 0.05) is 12.5 Å². The molecule has 0 spiro atoms. The summed E-state index contributed by atoms with van der Waals surface area (Å²) in [5.41, 5.74) is -0.0945. The van der Waals surface area contributed by atoms with Crippen LogP contribution in [0.15, 0.2) is 0 Å². The van der Waals surface area contributed by atoms with Crippen molar-refractivity contribution in [3.63, 3.8) is 0 Å². The Bertz CT molecular complexity index is 194. The number of rotatable bonds is 2. The van der Waals surface area contributed by atoms with E-state index >= 15 is 0 Å². The highest BCUT2D eigenvalue weighted by atomic mass is 16.2. The van der Waals surface area contributed by atoms with E-state index in [1.807, 2.05) is 6.92 Å². The van der Waals surface area contributed by atoms with Crippen LogP contribution in [-0.2, 0) is 9.59 Å². The summed E-state index contributed by atoms with van der Waals surface area (Å²) < 4.78 is 0. The maximum Gasteiger partial charge on any atom is 0.287 e. The predicted octanol–water partition coefficient (Wildman–Crippen LogP) is 0.634. The van der Waals surface area contributed by atoms with Gasteiger partial charge in [-0.2, -0.15) is 0 Å². The smallest absolute Gasteiger partial charge is 0.287 e. The van der Waals surface area contributed by atoms with Crippen LogP contribution in [0.4, 0.5) is 0 Å². The van der Waals surface area contributed by atoms with Crippen LogP contribution in [0.1, 0.15) is 33.1 Å². The Morgan fingerprint density at radius 1 is 1.36 bits per heavy atom. The van der Waals surface area contributed by atoms with Gasteiger partial charge < -0.3 is 5.32 Å². The molecule has 3 heteroatoms. The van der Waals surface area contributed by atoms with Gasteiger partial charge in [-0.05, 0) is 26.2 Å². The van der Waals surface area contributed by atoms with Crippen molar-refractivity contribution in [1.29, 1.82) is 0 Å². The second-order valence-corrected chi connectivity index (χ2v) is 3.42. The molecular weight excluding hydrogens is 142 g/mol. The van der Waals surface area contributed by atoms with Gasteiger partial charge in [-0.3, -0.25) is 9.59 Å². The van der Waals surface area contributed by atoms with Crippen LogP contribution < -0.4 is 5.32 Å². The van der Waals surface area contributed by atoms with Crippen LogP contribution in [0, 0.1) is 0 Å². The molecule has 1 fully saturated rings. The summed E-state index contributed by atoms with van der Waals surface area (Å²) >= 11 is 0. The monoisotopic (exact) mass is 155 g/mol. The van der Waals surface area contributed by atoms with E-state index in [0.717, 1.165) is 19.3 Å². The maximum absolute atomic E-state index is 10.9. The molecule has 3 nitrogen and oxygen atoms in total. The molecule has 62 valence electrons. The normalized spacial score (nSPS) is 20.2. The van der Waals surface area contributed by atoms with Crippen molar-refractivity contribution in [2.45, 2.75) is 38.6 Å². The standard InChI is InChI=1S/C8H13NO2/c1-6(10)7(11)9-8(2)4-3-5-8/h3-5H2,1-2H3,(H,9,11). The molecule has 0 aliphatic heterocycles. The van der Waals surface area contributed by atoms with Gasteiger partial charge in [0.25, 0.3) is 5.91 Å². The van der Waals surface area contributed by atoms with Crippen LogP contribution in [0.3, 0.4) is 0 Å². The molecule has 1 saturated carbocycles. The van der Waals surface area contributed by atoms with Crippen molar-refractivity contribution in [1.82, 2.24) is 5.32 Å². The van der Waals surface area contributed by atoms with Gasteiger partial charge in [0.15, 0.2) is 0 Å². The lowest BCUT2D eigenvalue weighted by atomic mass is 9.78. The van der Waals surface area contributed by atoms with Gasteiger partial charge in [0.2, 0.25) is 5.78 Å². The van der Waals surface area contributed by atoms with Crippen molar-refractivity contribution >= 4 is 11.7 Å². The third-order valence-corrected chi connectivity index (χ3v) is 2.19. The van der Waals surface area contributed by atoms with Crippen LogP contribution >= 0.6 is 0 Å². The van der Waals surface area contributed by atoms with E-state index in [0.29, 0.717) is 0 Å². The number of carbonyl (C=O) groups is 2. The zero-order valence-electron chi connectivity index (χ0n) is 6.94. The second-order valence-electron chi connectivity index (χ2n) is 3.42. The molecular formula is C8H13NO2. The fourth-order valence-electron chi connectivity index (χ4n) is 1.19. The van der Waals surface area contributed by atoms with Crippen molar-refractivity contribution in [2.75, 3.05) is 0 Å². The zero-order valence-corrected chi connectivity index (χ0v) is 6.94. The third kappa shape index (κ3) is 1.79. The molecule has 1 N–H and O–H groups in total. The lowest BCUT2D eigenvalue weighted by Gasteiger charge is -2.38. The number of carbonyl (C=O) groups excluding carboxylic acids is 2. The minimum Gasteiger partial charge on any atom is -0.344 e. The Morgan fingerprint density at radius 3 is 2.18 bits per heavy atom. The van der Waals surface area contributed by atoms with E-state index in [-0.39, 0.29) is 5.54 Å². The quantitative estimate of drug-likeness (QED) is 0.594. The van der Waals surface area contributed by atoms with Gasteiger partial charge in [-0.25, -0.2) is 0 Å². The lowest BCUT2D eigenvalue weighted by Crippen LogP contribution is -2.52. The van der Waals surface area contributed by atoms with Crippen molar-refractivity contribution in [2.24, 2.45) is 0 Å². The van der Waals surface area contributed by atoms with E-state index in [1.54, 1.807) is 0 Å². The van der Waals surface area contributed by atoms with Crippen molar-refractivity contribution < 1.29 is 9.59 Å². The summed E-state index contributed by atoms with van der Waals surface area (Å²) in [5, 5.41) is 2.70. The molecule has 0 radical (unpaired) electrons. The van der Waals surface area contributed by atoms with Gasteiger partial charge in [-0.15, -0.1) is 0 Å². The number of hydrogen-bond donors (Lipinski definition) is 1. The second kappa shape index (κ2) is 2.64. The molecule has 0 atom stereocenters. The lowest BCUT2D eigenvalue weighted by molar-refractivity contribution is -0.138. The van der Waals surface area contributed by atoms with Gasteiger partial charge in [-0.1, -0.05) is 0 Å². The first-order valence-electron chi connectivity index (χ1n) is 3.87. The van der Waals surface area contributed by atoms with Crippen molar-refractivity contribution in [3.8, 4) is 0 Å². The van der Waals surface area contributed by atoms with Crippen LogP contribution in [0.5, 0.6) is 0 Å². The van der Waals surface area contributed by atoms with Crippen molar-refractivity contribution in [3.05, 3.63) is 0 Å². The first-order chi connectivity index (χ1) is 5.03. The molecule has 0 aromatic rings. The first-order valence-corrected chi connectivity index (χ1v) is 3.87. The minimum absolute atomic E-state index is 0.0945. The van der Waals surface area contributed by atoms with E-state index in [4.69, 9.17) is 0 Å². The summed E-state index contributed by atoms with van der Waals surface area (Å²) in [6.45, 7) is 3.26. The topological polar surface area (TPSA) is 46.2 Å². The predicted molar refractivity (Wildman–Crippen MR) is 41.1 cm³/mol. The van der Waals surface area contributed by atoms with Crippen LogP contribution in [0.2, 0.25) is 0 Å². The Labute approximate surface area is 66.2 Å². The number of hydrogen-bond acceptors (Lipinski definition) is 2. The summed E-state index contributed by atoms with van der Waals surface area (Å²) in [5.74, 6) is -0.856. The highest BCUT2D eigenvalue weighted by molar-refractivity contribution is 6.35. The number of nitrogens with one attached hydrogen (secondary N) is 1. The Hall–Kier alpha value is -0.860. The average molecular weight is 155 g/mol. The number of Topliss-reactive ketones (excluding diaryl/α,β-unsaturated/α-hetero) is 1. The molecule has 1 rings (SSSR count). The van der Waals surface area contributed by atoms with E-state index < -0.39 is 11.7 Å². The van der Waals surface area contributed by atoms with Gasteiger partial charge in [0.1, 0.15) is 0 Å². The highest BCUT2D eigenvalue weighted by Crippen LogP contribution is 2.30. The summed E-state index contributed by atoms with van der Waals surface area (Å²) in [6, 6.07) is 0. The number of amides is 1. The molecule has 1 aliphatic rings. The average Bonchev–Trinajstić information content (AvgIpc) is 1.84. The summed E-state index contributed by atoms with van der Waals surface area (Å²) in [4.78, 5) is 21.4. The van der Waals surface area contributed by atoms with Gasteiger partial charge >= 0.3 is 0 Å². The molecule has 0 aromatic carbocycles. The molecule has 1 aliphatic carbocycles. The first kappa shape index (κ1) is 8.24. The molecule has 0 heterocycles. The Morgan fingerprint density at radius 2 is 1.91 bits per heavy atom. The van der Waals surface area contributed by atoms with E-state index in [9.17, 15) is 9.59 Å². The molecule has 0 bridgehead atoms. The van der Waals surface area contributed by atoms with Gasteiger partial charge in [0.05, 0.1) is 0 Å². The molecule has 0 aromatic heterocycles. The summed E-state index contributed by atoms with van der Waals surface area (Å²) in [7, 11) is 0. The fourth-order valence-corrected chi connectivity index (χ4v) is 1.19. The number of ketones is 1. The van der Waals surface area contributed by atoms with E-state index in [2.05, 4.69) is 5.32 Å². The summed E-state index contributed by atoms with van der Waals surface area (Å²) in [6.07, 6.45) is 3.13. The largest absolute Gasteiger partial charge is 0.344 e. The third-order valence-electron chi connectivity index (χ3n) is 2.19. The molecule has 0 unspecified atom stereocenters. The van der Waals surface area contributed by atoms with E-state index in [1.165, 1.54) is 6.92 Å². The maximum atomic E-state index is 10.9. The minimum atomic E-state index is -0.452. The molecule has 11 heavy (non-hydrogen) atoms. The van der Waals surface area contributed by atoms with Crippen LogP contribution in [-0.4, -0.2) is 17.2 Å². The zero-order chi connectivity index (χ0) is 8.48.